The second-order valence-corrected chi connectivity index (χ2v) is 15.7. The molecule has 0 spiro atoms. The number of hydrogen-bond donors (Lipinski definition) is 3. The number of aliphatic hydroxyl groups is 1. The summed E-state index contributed by atoms with van der Waals surface area (Å²) < 4.78 is 40.7. The Balaban J connectivity index is 1.60. The molecule has 1 aliphatic heterocycles. The van der Waals surface area contributed by atoms with E-state index >= 15 is 0 Å². The molecule has 2 aromatic rings. The molecule has 1 heterocycles. The fraction of sp³-hybridized carbons (Fsp3) is 0.600. The average Bonchev–Trinajstić information content (AvgIpc) is 3.06. The average molecular weight is 707 g/mol. The van der Waals surface area contributed by atoms with Crippen LogP contribution in [0.1, 0.15) is 82.5 Å². The van der Waals surface area contributed by atoms with Gasteiger partial charge in [0.25, 0.3) is 5.91 Å². The maximum Gasteiger partial charge on any atom is 0.319 e. The Bertz CT molecular complexity index is 1470. The Kier molecular flexibility index (Phi) is 14.0. The molecule has 2 aromatic carbocycles. The van der Waals surface area contributed by atoms with Crippen LogP contribution in [0.5, 0.6) is 5.75 Å². The number of urea groups is 1. The third kappa shape index (κ3) is 10.3. The fourth-order valence-corrected chi connectivity index (χ4v) is 7.51. The van der Waals surface area contributed by atoms with Gasteiger partial charge in [-0.3, -0.25) is 4.79 Å². The highest BCUT2D eigenvalue weighted by atomic mass is 35.5. The number of carbonyl (C=O) groups excluding carboxylic acids is 2. The van der Waals surface area contributed by atoms with Crippen LogP contribution in [0.15, 0.2) is 47.4 Å². The molecular weight excluding hydrogens is 656 g/mol. The van der Waals surface area contributed by atoms with Crippen LogP contribution in [-0.2, 0) is 14.8 Å². The zero-order valence-electron chi connectivity index (χ0n) is 28.5. The second kappa shape index (κ2) is 17.7. The number of amides is 3. The van der Waals surface area contributed by atoms with Gasteiger partial charge in [0.15, 0.2) is 0 Å². The second-order valence-electron chi connectivity index (χ2n) is 13.2. The van der Waals surface area contributed by atoms with Gasteiger partial charge < -0.3 is 30.1 Å². The lowest BCUT2D eigenvalue weighted by molar-refractivity contribution is -0.00833. The highest BCUT2D eigenvalue weighted by Crippen LogP contribution is 2.29. The first-order valence-corrected chi connectivity index (χ1v) is 18.8. The Morgan fingerprint density at radius 2 is 1.75 bits per heavy atom. The van der Waals surface area contributed by atoms with Crippen molar-refractivity contribution in [3.63, 3.8) is 0 Å². The number of ether oxygens (including phenoxy) is 2. The maximum absolute atomic E-state index is 14.4. The first kappa shape index (κ1) is 37.9. The van der Waals surface area contributed by atoms with Crippen LogP contribution in [-0.4, -0.2) is 92.3 Å². The lowest BCUT2D eigenvalue weighted by Crippen LogP contribution is -2.48. The van der Waals surface area contributed by atoms with Gasteiger partial charge in [-0.25, -0.2) is 13.2 Å². The predicted molar refractivity (Wildman–Crippen MR) is 187 cm³/mol. The standard InChI is InChI=1S/C35H51ClN4O7S/c1-24-21-40(25(2)23-41)34(42)31-20-29(38-35(43)37-28-11-6-5-7-12-28)15-18-32(31)47-26(3)10-8-9-19-46-33(24)22-39(4)48(44,45)30-16-13-27(36)14-17-30/h13-18,20,24-26,28,33,41H,5-12,19,21-23H2,1-4H3,(H2,37,38,43)/t24-,25+,26-,33-/m1/s1. The number of hydrogen-bond acceptors (Lipinski definition) is 7. The summed E-state index contributed by atoms with van der Waals surface area (Å²) in [6.45, 7) is 5.97. The smallest absolute Gasteiger partial charge is 0.319 e. The van der Waals surface area contributed by atoms with Crippen molar-refractivity contribution in [3.05, 3.63) is 53.1 Å². The number of carbonyl (C=O) groups is 2. The van der Waals surface area contributed by atoms with E-state index in [1.165, 1.54) is 42.0 Å². The van der Waals surface area contributed by atoms with Gasteiger partial charge in [0, 0.05) is 49.4 Å². The zero-order valence-corrected chi connectivity index (χ0v) is 30.1. The summed E-state index contributed by atoms with van der Waals surface area (Å²) in [6, 6.07) is 10.3. The summed E-state index contributed by atoms with van der Waals surface area (Å²) in [5.41, 5.74) is 0.717. The number of sulfonamides is 1. The summed E-state index contributed by atoms with van der Waals surface area (Å²) in [5.74, 6) is -0.299. The fourth-order valence-electron chi connectivity index (χ4n) is 6.20. The Morgan fingerprint density at radius 1 is 1.06 bits per heavy atom. The largest absolute Gasteiger partial charge is 0.490 e. The molecule has 0 bridgehead atoms. The Hall–Kier alpha value is -2.90. The highest BCUT2D eigenvalue weighted by molar-refractivity contribution is 7.89. The molecule has 1 saturated carbocycles. The first-order chi connectivity index (χ1) is 22.9. The van der Waals surface area contributed by atoms with Crippen LogP contribution >= 0.6 is 11.6 Å². The van der Waals surface area contributed by atoms with Gasteiger partial charge >= 0.3 is 6.03 Å². The van der Waals surface area contributed by atoms with E-state index in [1.54, 1.807) is 30.0 Å². The van der Waals surface area contributed by atoms with Crippen LogP contribution in [0.25, 0.3) is 0 Å². The minimum atomic E-state index is -3.84. The lowest BCUT2D eigenvalue weighted by Gasteiger charge is -2.35. The van der Waals surface area contributed by atoms with Crippen molar-refractivity contribution in [2.45, 2.75) is 101 Å². The molecule has 2 aliphatic rings. The van der Waals surface area contributed by atoms with E-state index in [4.69, 9.17) is 21.1 Å². The number of fused-ring (bicyclic) bond motifs is 1. The van der Waals surface area contributed by atoms with Crippen molar-refractivity contribution in [3.8, 4) is 5.75 Å². The molecule has 0 aromatic heterocycles. The van der Waals surface area contributed by atoms with Crippen LogP contribution in [0.3, 0.4) is 0 Å². The SMILES string of the molecule is C[C@@H]1CCCCO[C@H](CN(C)S(=O)(=O)c2ccc(Cl)cc2)[C@H](C)CN([C@@H](C)CO)C(=O)c2cc(NC(=O)NC3CCCCC3)ccc2O1. The molecule has 4 atom stereocenters. The molecule has 0 radical (unpaired) electrons. The molecule has 1 aliphatic carbocycles. The van der Waals surface area contributed by atoms with Crippen molar-refractivity contribution in [1.82, 2.24) is 14.5 Å². The minimum Gasteiger partial charge on any atom is -0.490 e. The Labute approximate surface area is 290 Å². The van der Waals surface area contributed by atoms with Crippen LogP contribution in [0.4, 0.5) is 10.5 Å². The number of aliphatic hydroxyl groups excluding tert-OH is 1. The van der Waals surface area contributed by atoms with E-state index in [1.807, 2.05) is 13.8 Å². The molecule has 3 amide bonds. The van der Waals surface area contributed by atoms with Gasteiger partial charge in [-0.2, -0.15) is 4.31 Å². The summed E-state index contributed by atoms with van der Waals surface area (Å²) in [7, 11) is -2.33. The van der Waals surface area contributed by atoms with E-state index in [0.717, 1.165) is 38.5 Å². The van der Waals surface area contributed by atoms with Crippen molar-refractivity contribution in [2.75, 3.05) is 38.7 Å². The van der Waals surface area contributed by atoms with E-state index in [0.29, 0.717) is 29.5 Å². The Morgan fingerprint density at radius 3 is 2.44 bits per heavy atom. The third-order valence-electron chi connectivity index (χ3n) is 9.21. The van der Waals surface area contributed by atoms with Crippen molar-refractivity contribution in [2.24, 2.45) is 5.92 Å². The summed E-state index contributed by atoms with van der Waals surface area (Å²) >= 11 is 5.99. The van der Waals surface area contributed by atoms with Crippen LogP contribution in [0.2, 0.25) is 5.02 Å². The number of halogens is 1. The molecular formula is C35H51ClN4O7S. The van der Waals surface area contributed by atoms with Crippen LogP contribution in [0, 0.1) is 5.92 Å². The minimum absolute atomic E-state index is 0.0575. The molecule has 1 fully saturated rings. The number of nitrogens with one attached hydrogen (secondary N) is 2. The molecule has 13 heteroatoms. The van der Waals surface area contributed by atoms with Crippen molar-refractivity contribution >= 4 is 39.2 Å². The molecule has 4 rings (SSSR count). The van der Waals surface area contributed by atoms with Gasteiger partial charge in [0.1, 0.15) is 5.75 Å². The molecule has 11 nitrogen and oxygen atoms in total. The van der Waals surface area contributed by atoms with Gasteiger partial charge in [-0.15, -0.1) is 0 Å². The molecule has 48 heavy (non-hydrogen) atoms. The van der Waals surface area contributed by atoms with Gasteiger partial charge in [-0.1, -0.05) is 37.8 Å². The van der Waals surface area contributed by atoms with Crippen LogP contribution < -0.4 is 15.4 Å². The topological polar surface area (TPSA) is 138 Å². The van der Waals surface area contributed by atoms with Gasteiger partial charge in [-0.05, 0) is 88.4 Å². The van der Waals surface area contributed by atoms with E-state index in [9.17, 15) is 23.1 Å². The number of rotatable bonds is 8. The number of benzene rings is 2. The normalized spacial score (nSPS) is 22.7. The highest BCUT2D eigenvalue weighted by Gasteiger charge is 2.32. The van der Waals surface area contributed by atoms with Crippen molar-refractivity contribution < 1.29 is 32.6 Å². The molecule has 0 saturated heterocycles. The molecule has 266 valence electrons. The third-order valence-corrected chi connectivity index (χ3v) is 11.3. The summed E-state index contributed by atoms with van der Waals surface area (Å²) in [4.78, 5) is 28.9. The van der Waals surface area contributed by atoms with Gasteiger partial charge in [0.2, 0.25) is 10.0 Å². The predicted octanol–water partition coefficient (Wildman–Crippen LogP) is 5.91. The lowest BCUT2D eigenvalue weighted by atomic mass is 9.96. The number of likely N-dealkylation sites (N-methyl/N-ethyl adjacent to an activating group) is 1. The first-order valence-electron chi connectivity index (χ1n) is 17.0. The quantitative estimate of drug-likeness (QED) is 0.310. The summed E-state index contributed by atoms with van der Waals surface area (Å²) in [5, 5.41) is 16.6. The maximum atomic E-state index is 14.4. The molecule has 0 unspecified atom stereocenters. The van der Waals surface area contributed by atoms with E-state index in [2.05, 4.69) is 10.6 Å². The monoisotopic (exact) mass is 706 g/mol. The van der Waals surface area contributed by atoms with Crippen molar-refractivity contribution in [1.29, 1.82) is 0 Å². The van der Waals surface area contributed by atoms with E-state index in [-0.39, 0.29) is 60.2 Å². The number of nitrogens with zero attached hydrogens (tertiary/aromatic N) is 2. The van der Waals surface area contributed by atoms with E-state index < -0.39 is 22.2 Å². The van der Waals surface area contributed by atoms with Gasteiger partial charge in [0.05, 0.1) is 35.3 Å². The zero-order chi connectivity index (χ0) is 34.8. The number of anilines is 1. The molecule has 3 N–H and O–H groups in total. The summed E-state index contributed by atoms with van der Waals surface area (Å²) in [6.07, 6.45) is 6.75.